The Hall–Kier alpha value is -3.15. The van der Waals surface area contributed by atoms with E-state index in [-0.39, 0.29) is 29.2 Å². The van der Waals surface area contributed by atoms with Crippen LogP contribution >= 0.6 is 0 Å². The molecule has 2 aliphatic carbocycles. The van der Waals surface area contributed by atoms with Gasteiger partial charge in [-0.2, -0.15) is 0 Å². The molecule has 4 rings (SSSR count). The monoisotopic (exact) mass is 478 g/mol. The van der Waals surface area contributed by atoms with Gasteiger partial charge in [0.25, 0.3) is 0 Å². The van der Waals surface area contributed by atoms with E-state index in [1.165, 1.54) is 0 Å². The normalized spacial score (nSPS) is 20.6. The van der Waals surface area contributed by atoms with Crippen molar-refractivity contribution in [2.24, 2.45) is 11.8 Å². The predicted octanol–water partition coefficient (Wildman–Crippen LogP) is 5.53. The SMILES string of the molecule is COc1ccc(COc2cccc3c2CCC(CCC2CCC(=O)CCCC2=O)C3=O)cc1OC. The minimum absolute atomic E-state index is 0.0856. The fraction of sp³-hybridized carbons (Fsp3) is 0.483. The number of hydrogen-bond donors (Lipinski definition) is 0. The second kappa shape index (κ2) is 11.5. The number of fused-ring (bicyclic) bond motifs is 1. The van der Waals surface area contributed by atoms with E-state index in [4.69, 9.17) is 14.2 Å². The highest BCUT2D eigenvalue weighted by molar-refractivity contribution is 6.00. The van der Waals surface area contributed by atoms with Gasteiger partial charge in [-0.05, 0) is 62.3 Å². The Labute approximate surface area is 207 Å². The molecular formula is C29H34O6. The Morgan fingerprint density at radius 3 is 2.37 bits per heavy atom. The third kappa shape index (κ3) is 5.92. The number of Topliss-reactive ketones (excluding diaryl/α,β-unsaturated/α-hetero) is 3. The van der Waals surface area contributed by atoms with Gasteiger partial charge in [0.1, 0.15) is 23.9 Å². The summed E-state index contributed by atoms with van der Waals surface area (Å²) in [6.45, 7) is 0.358. The summed E-state index contributed by atoms with van der Waals surface area (Å²) in [5.41, 5.74) is 2.63. The summed E-state index contributed by atoms with van der Waals surface area (Å²) >= 11 is 0. The molecule has 2 aliphatic rings. The Morgan fingerprint density at radius 1 is 0.800 bits per heavy atom. The Balaban J connectivity index is 1.40. The summed E-state index contributed by atoms with van der Waals surface area (Å²) in [6.07, 6.45) is 5.68. The van der Waals surface area contributed by atoms with E-state index in [9.17, 15) is 14.4 Å². The topological polar surface area (TPSA) is 78.9 Å². The van der Waals surface area contributed by atoms with Crippen LogP contribution in [0.25, 0.3) is 0 Å². The van der Waals surface area contributed by atoms with Gasteiger partial charge in [0.05, 0.1) is 14.2 Å². The number of hydrogen-bond acceptors (Lipinski definition) is 6. The molecule has 6 nitrogen and oxygen atoms in total. The van der Waals surface area contributed by atoms with Crippen molar-refractivity contribution in [3.63, 3.8) is 0 Å². The Morgan fingerprint density at radius 2 is 1.57 bits per heavy atom. The van der Waals surface area contributed by atoms with Gasteiger partial charge >= 0.3 is 0 Å². The van der Waals surface area contributed by atoms with Crippen molar-refractivity contribution in [2.75, 3.05) is 14.2 Å². The molecule has 1 fully saturated rings. The maximum atomic E-state index is 13.3. The number of ketones is 3. The summed E-state index contributed by atoms with van der Waals surface area (Å²) in [5, 5.41) is 0. The van der Waals surface area contributed by atoms with Crippen LogP contribution in [-0.4, -0.2) is 31.6 Å². The van der Waals surface area contributed by atoms with E-state index in [1.54, 1.807) is 14.2 Å². The minimum Gasteiger partial charge on any atom is -0.493 e. The van der Waals surface area contributed by atoms with Crippen LogP contribution in [0.2, 0.25) is 0 Å². The fourth-order valence-corrected chi connectivity index (χ4v) is 5.26. The highest BCUT2D eigenvalue weighted by Crippen LogP contribution is 2.36. The van der Waals surface area contributed by atoms with Gasteiger partial charge in [-0.25, -0.2) is 0 Å². The van der Waals surface area contributed by atoms with E-state index in [2.05, 4.69) is 0 Å². The molecule has 0 N–H and O–H groups in total. The average molecular weight is 479 g/mol. The van der Waals surface area contributed by atoms with E-state index in [1.807, 2.05) is 36.4 Å². The predicted molar refractivity (Wildman–Crippen MR) is 132 cm³/mol. The fourth-order valence-electron chi connectivity index (χ4n) is 5.26. The number of methoxy groups -OCH3 is 2. The summed E-state index contributed by atoms with van der Waals surface area (Å²) in [5.74, 6) is 2.52. The van der Waals surface area contributed by atoms with Gasteiger partial charge < -0.3 is 14.2 Å². The van der Waals surface area contributed by atoms with Gasteiger partial charge in [0.2, 0.25) is 0 Å². The molecule has 6 heteroatoms. The van der Waals surface area contributed by atoms with Gasteiger partial charge in [0, 0.05) is 42.2 Å². The van der Waals surface area contributed by atoms with Crippen molar-refractivity contribution >= 4 is 17.3 Å². The van der Waals surface area contributed by atoms with Crippen LogP contribution in [-0.2, 0) is 22.6 Å². The molecule has 1 saturated carbocycles. The van der Waals surface area contributed by atoms with Crippen molar-refractivity contribution < 1.29 is 28.6 Å². The van der Waals surface area contributed by atoms with Crippen LogP contribution in [0.4, 0.5) is 0 Å². The molecule has 2 atom stereocenters. The second-order valence-electron chi connectivity index (χ2n) is 9.53. The summed E-state index contributed by atoms with van der Waals surface area (Å²) in [7, 11) is 3.20. The lowest BCUT2D eigenvalue weighted by Crippen LogP contribution is -2.25. The first kappa shape index (κ1) is 25.0. The molecule has 0 heterocycles. The zero-order chi connectivity index (χ0) is 24.8. The second-order valence-corrected chi connectivity index (χ2v) is 9.53. The summed E-state index contributed by atoms with van der Waals surface area (Å²) < 4.78 is 16.8. The van der Waals surface area contributed by atoms with Crippen LogP contribution in [0.3, 0.4) is 0 Å². The summed E-state index contributed by atoms with van der Waals surface area (Å²) in [4.78, 5) is 37.6. The molecule has 2 aromatic carbocycles. The van der Waals surface area contributed by atoms with E-state index in [0.717, 1.165) is 35.3 Å². The number of ether oxygens (including phenoxy) is 3. The zero-order valence-corrected chi connectivity index (χ0v) is 20.6. The third-order valence-corrected chi connectivity index (χ3v) is 7.32. The molecule has 0 spiro atoms. The van der Waals surface area contributed by atoms with Crippen LogP contribution in [0.15, 0.2) is 36.4 Å². The number of carbonyl (C=O) groups excluding carboxylic acids is 3. The lowest BCUT2D eigenvalue weighted by atomic mass is 9.77. The minimum atomic E-state index is -0.0930. The highest BCUT2D eigenvalue weighted by Gasteiger charge is 2.31. The summed E-state index contributed by atoms with van der Waals surface area (Å²) in [6, 6.07) is 11.3. The third-order valence-electron chi connectivity index (χ3n) is 7.32. The van der Waals surface area contributed by atoms with Gasteiger partial charge in [-0.15, -0.1) is 0 Å². The maximum Gasteiger partial charge on any atom is 0.166 e. The molecule has 0 bridgehead atoms. The molecule has 2 aromatic rings. The first-order chi connectivity index (χ1) is 17.0. The Kier molecular flexibility index (Phi) is 8.21. The lowest BCUT2D eigenvalue weighted by molar-refractivity contribution is -0.126. The van der Waals surface area contributed by atoms with Crippen molar-refractivity contribution in [3.8, 4) is 17.2 Å². The number of benzene rings is 2. The van der Waals surface area contributed by atoms with Crippen molar-refractivity contribution in [1.29, 1.82) is 0 Å². The number of rotatable bonds is 8. The van der Waals surface area contributed by atoms with Crippen molar-refractivity contribution in [1.82, 2.24) is 0 Å². The number of carbonyl (C=O) groups is 3. The van der Waals surface area contributed by atoms with Crippen LogP contribution in [0.5, 0.6) is 17.2 Å². The van der Waals surface area contributed by atoms with E-state index < -0.39 is 0 Å². The zero-order valence-electron chi connectivity index (χ0n) is 20.6. The quantitative estimate of drug-likeness (QED) is 0.497. The highest BCUT2D eigenvalue weighted by atomic mass is 16.5. The standard InChI is InChI=1S/C29H34O6/c1-33-27-16-9-19(17-28(27)34-2)18-35-26-8-4-6-24-23(26)15-13-21(29(24)32)11-10-20-12-14-22(30)5-3-7-25(20)31/h4,6,8-9,16-17,20-21H,3,5,7,10-15,18H2,1-2H3. The smallest absolute Gasteiger partial charge is 0.166 e. The molecule has 0 aromatic heterocycles. The molecule has 0 amide bonds. The van der Waals surface area contributed by atoms with Crippen LogP contribution in [0, 0.1) is 11.8 Å². The van der Waals surface area contributed by atoms with Gasteiger partial charge in [0.15, 0.2) is 17.3 Å². The lowest BCUT2D eigenvalue weighted by Gasteiger charge is -2.26. The molecule has 0 radical (unpaired) electrons. The molecule has 35 heavy (non-hydrogen) atoms. The van der Waals surface area contributed by atoms with Gasteiger partial charge in [-0.3, -0.25) is 14.4 Å². The van der Waals surface area contributed by atoms with E-state index in [0.29, 0.717) is 63.1 Å². The maximum absolute atomic E-state index is 13.3. The first-order valence-corrected chi connectivity index (χ1v) is 12.5. The molecule has 0 saturated heterocycles. The molecule has 0 aliphatic heterocycles. The molecule has 186 valence electrons. The average Bonchev–Trinajstić information content (AvgIpc) is 2.87. The molecule has 2 unspecified atom stereocenters. The molecular weight excluding hydrogens is 444 g/mol. The van der Waals surface area contributed by atoms with Crippen molar-refractivity contribution in [3.05, 3.63) is 53.1 Å². The Bertz CT molecular complexity index is 1090. The van der Waals surface area contributed by atoms with Gasteiger partial charge in [-0.1, -0.05) is 18.2 Å². The van der Waals surface area contributed by atoms with Crippen molar-refractivity contribution in [2.45, 2.75) is 64.4 Å². The van der Waals surface area contributed by atoms with E-state index >= 15 is 0 Å². The largest absolute Gasteiger partial charge is 0.493 e. The van der Waals surface area contributed by atoms with Crippen LogP contribution < -0.4 is 14.2 Å². The van der Waals surface area contributed by atoms with Crippen LogP contribution in [0.1, 0.15) is 72.9 Å². The first-order valence-electron chi connectivity index (χ1n) is 12.5.